The number of aliphatic hydroxyl groups excluding tert-OH is 1. The van der Waals surface area contributed by atoms with Crippen LogP contribution in [0.1, 0.15) is 49.8 Å². The highest BCUT2D eigenvalue weighted by molar-refractivity contribution is 5.71. The van der Waals surface area contributed by atoms with Crippen molar-refractivity contribution >= 4 is 5.97 Å². The van der Waals surface area contributed by atoms with Crippen molar-refractivity contribution < 1.29 is 28.2 Å². The smallest absolute Gasteiger partial charge is 0.308 e. The molecule has 1 N–H and O–H groups in total. The summed E-state index contributed by atoms with van der Waals surface area (Å²) in [7, 11) is 0. The van der Waals surface area contributed by atoms with Crippen LogP contribution in [0, 0.1) is 11.6 Å². The number of carbonyl (C=O) groups is 1. The van der Waals surface area contributed by atoms with Gasteiger partial charge in [0.1, 0.15) is 23.5 Å². The molecule has 27 heavy (non-hydrogen) atoms. The first-order valence-electron chi connectivity index (χ1n) is 8.93. The minimum Gasteiger partial charge on any atom is -0.482 e. The van der Waals surface area contributed by atoms with Crippen molar-refractivity contribution in [2.75, 3.05) is 0 Å². The van der Waals surface area contributed by atoms with E-state index in [0.29, 0.717) is 11.3 Å². The van der Waals surface area contributed by atoms with E-state index in [2.05, 4.69) is 0 Å². The number of halogens is 2. The van der Waals surface area contributed by atoms with Crippen molar-refractivity contribution in [1.29, 1.82) is 0 Å². The highest BCUT2D eigenvalue weighted by Crippen LogP contribution is 2.37. The first-order chi connectivity index (χ1) is 12.8. The Hall–Kier alpha value is -2.47. The van der Waals surface area contributed by atoms with Gasteiger partial charge >= 0.3 is 5.97 Å². The summed E-state index contributed by atoms with van der Waals surface area (Å²) in [6.07, 6.45) is -2.80. The second-order valence-corrected chi connectivity index (χ2v) is 7.02. The maximum absolute atomic E-state index is 14.9. The van der Waals surface area contributed by atoms with Gasteiger partial charge in [0.25, 0.3) is 0 Å². The summed E-state index contributed by atoms with van der Waals surface area (Å²) in [6.45, 7) is 3.64. The van der Waals surface area contributed by atoms with Crippen molar-refractivity contribution in [3.05, 3.63) is 65.2 Å². The Labute approximate surface area is 156 Å². The molecule has 2 aromatic carbocycles. The SMILES string of the molecule is CC(C)c1cc(F)cc(F)c1C(Oc1ccccc1)[C@@H]1C[C@@H](O)CC(=O)O1. The summed E-state index contributed by atoms with van der Waals surface area (Å²) >= 11 is 0. The highest BCUT2D eigenvalue weighted by Gasteiger charge is 2.38. The lowest BCUT2D eigenvalue weighted by Crippen LogP contribution is -2.39. The topological polar surface area (TPSA) is 55.8 Å². The van der Waals surface area contributed by atoms with E-state index in [4.69, 9.17) is 9.47 Å². The molecular formula is C21H22F2O4. The van der Waals surface area contributed by atoms with Crippen molar-refractivity contribution in [1.82, 2.24) is 0 Å². The Morgan fingerprint density at radius 2 is 1.89 bits per heavy atom. The van der Waals surface area contributed by atoms with Gasteiger partial charge in [0.15, 0.2) is 6.10 Å². The first-order valence-corrected chi connectivity index (χ1v) is 8.93. The van der Waals surface area contributed by atoms with E-state index in [1.165, 1.54) is 6.07 Å². The van der Waals surface area contributed by atoms with Crippen molar-refractivity contribution in [3.8, 4) is 5.75 Å². The van der Waals surface area contributed by atoms with E-state index >= 15 is 0 Å². The number of rotatable bonds is 5. The molecule has 1 heterocycles. The minimum atomic E-state index is -1.01. The van der Waals surface area contributed by atoms with Crippen LogP contribution in [0.2, 0.25) is 0 Å². The molecule has 3 rings (SSSR count). The predicted molar refractivity (Wildman–Crippen MR) is 95.4 cm³/mol. The number of para-hydroxylation sites is 1. The summed E-state index contributed by atoms with van der Waals surface area (Å²) in [6, 6.07) is 10.8. The van der Waals surface area contributed by atoms with Crippen LogP contribution in [0.3, 0.4) is 0 Å². The molecular weight excluding hydrogens is 354 g/mol. The van der Waals surface area contributed by atoms with Gasteiger partial charge in [0, 0.05) is 18.1 Å². The Balaban J connectivity index is 2.08. The molecule has 3 atom stereocenters. The van der Waals surface area contributed by atoms with E-state index in [-0.39, 0.29) is 24.3 Å². The second kappa shape index (κ2) is 8.05. The maximum atomic E-state index is 14.9. The number of benzene rings is 2. The number of esters is 1. The molecule has 0 saturated carbocycles. The average molecular weight is 376 g/mol. The molecule has 1 fully saturated rings. The Kier molecular flexibility index (Phi) is 5.75. The molecule has 0 aliphatic carbocycles. The van der Waals surface area contributed by atoms with Crippen LogP contribution >= 0.6 is 0 Å². The third-order valence-electron chi connectivity index (χ3n) is 4.57. The molecule has 4 nitrogen and oxygen atoms in total. The molecule has 1 aliphatic heterocycles. The number of hydrogen-bond acceptors (Lipinski definition) is 4. The highest BCUT2D eigenvalue weighted by atomic mass is 19.1. The molecule has 0 aromatic heterocycles. The molecule has 1 unspecified atom stereocenters. The molecule has 2 aromatic rings. The maximum Gasteiger partial charge on any atom is 0.308 e. The molecule has 1 saturated heterocycles. The Morgan fingerprint density at radius 3 is 2.52 bits per heavy atom. The zero-order valence-electron chi connectivity index (χ0n) is 15.2. The van der Waals surface area contributed by atoms with E-state index in [0.717, 1.165) is 6.07 Å². The number of aliphatic hydroxyl groups is 1. The lowest BCUT2D eigenvalue weighted by molar-refractivity contribution is -0.167. The number of ether oxygens (including phenoxy) is 2. The Bertz CT molecular complexity index is 807. The van der Waals surface area contributed by atoms with Crippen molar-refractivity contribution in [2.45, 2.75) is 50.9 Å². The number of carbonyl (C=O) groups excluding carboxylic acids is 1. The van der Waals surface area contributed by atoms with Gasteiger partial charge in [0.2, 0.25) is 0 Å². The lowest BCUT2D eigenvalue weighted by atomic mass is 9.88. The monoisotopic (exact) mass is 376 g/mol. The third kappa shape index (κ3) is 4.45. The van der Waals surface area contributed by atoms with Gasteiger partial charge in [-0.25, -0.2) is 8.78 Å². The fourth-order valence-corrected chi connectivity index (χ4v) is 3.34. The van der Waals surface area contributed by atoms with E-state index in [9.17, 15) is 18.7 Å². The standard InChI is InChI=1S/C21H22F2O4/c1-12(2)16-8-13(22)9-17(23)20(16)21(26-15-6-4-3-5-7-15)18-10-14(24)11-19(25)27-18/h3-9,12,14,18,21,24H,10-11H2,1-2H3/t14-,18+,21?/m1/s1. The normalized spacial score (nSPS) is 21.0. The zero-order chi connectivity index (χ0) is 19.6. The predicted octanol–water partition coefficient (Wildman–Crippen LogP) is 4.27. The summed E-state index contributed by atoms with van der Waals surface area (Å²) in [5.74, 6) is -1.75. The van der Waals surface area contributed by atoms with Gasteiger partial charge in [-0.15, -0.1) is 0 Å². The van der Waals surface area contributed by atoms with Crippen LogP contribution in [0.25, 0.3) is 0 Å². The lowest BCUT2D eigenvalue weighted by Gasteiger charge is -2.34. The second-order valence-electron chi connectivity index (χ2n) is 7.02. The van der Waals surface area contributed by atoms with Crippen LogP contribution in [-0.4, -0.2) is 23.3 Å². The molecule has 1 aliphatic rings. The minimum absolute atomic E-state index is 0.109. The molecule has 0 bridgehead atoms. The molecule has 0 spiro atoms. The van der Waals surface area contributed by atoms with Gasteiger partial charge in [-0.2, -0.15) is 0 Å². The molecule has 6 heteroatoms. The van der Waals surface area contributed by atoms with Crippen LogP contribution in [0.15, 0.2) is 42.5 Å². The van der Waals surface area contributed by atoms with Gasteiger partial charge < -0.3 is 14.6 Å². The van der Waals surface area contributed by atoms with Crippen LogP contribution in [0.5, 0.6) is 5.75 Å². The fraction of sp³-hybridized carbons (Fsp3) is 0.381. The first kappa shape index (κ1) is 19.3. The van der Waals surface area contributed by atoms with Gasteiger partial charge in [0.05, 0.1) is 12.5 Å². The van der Waals surface area contributed by atoms with Gasteiger partial charge in [-0.1, -0.05) is 32.0 Å². The summed E-state index contributed by atoms with van der Waals surface area (Å²) in [5.41, 5.74) is 0.576. The van der Waals surface area contributed by atoms with Crippen LogP contribution in [0.4, 0.5) is 8.78 Å². The van der Waals surface area contributed by atoms with E-state index in [1.807, 2.05) is 19.9 Å². The van der Waals surface area contributed by atoms with Crippen LogP contribution < -0.4 is 4.74 Å². The third-order valence-corrected chi connectivity index (χ3v) is 4.57. The summed E-state index contributed by atoms with van der Waals surface area (Å²) < 4.78 is 40.0. The van der Waals surface area contributed by atoms with Crippen molar-refractivity contribution in [3.63, 3.8) is 0 Å². The van der Waals surface area contributed by atoms with E-state index < -0.39 is 35.9 Å². The van der Waals surface area contributed by atoms with Crippen molar-refractivity contribution in [2.24, 2.45) is 0 Å². The summed E-state index contributed by atoms with van der Waals surface area (Å²) in [4.78, 5) is 11.8. The average Bonchev–Trinajstić information content (AvgIpc) is 2.59. The molecule has 0 radical (unpaired) electrons. The fourth-order valence-electron chi connectivity index (χ4n) is 3.34. The number of hydrogen-bond donors (Lipinski definition) is 1. The largest absolute Gasteiger partial charge is 0.482 e. The molecule has 0 amide bonds. The quantitative estimate of drug-likeness (QED) is 0.792. The Morgan fingerprint density at radius 1 is 1.19 bits per heavy atom. The zero-order valence-corrected chi connectivity index (χ0v) is 15.2. The van der Waals surface area contributed by atoms with Gasteiger partial charge in [-0.3, -0.25) is 4.79 Å². The van der Waals surface area contributed by atoms with Gasteiger partial charge in [-0.05, 0) is 29.7 Å². The summed E-state index contributed by atoms with van der Waals surface area (Å²) in [5, 5.41) is 9.99. The van der Waals surface area contributed by atoms with E-state index in [1.54, 1.807) is 24.3 Å². The number of cyclic esters (lactones) is 1. The van der Waals surface area contributed by atoms with Crippen LogP contribution in [-0.2, 0) is 9.53 Å². The molecule has 144 valence electrons.